The van der Waals surface area contributed by atoms with Crippen LogP contribution in [0.3, 0.4) is 0 Å². The molecule has 2 nitrogen and oxygen atoms in total. The van der Waals surface area contributed by atoms with Crippen LogP contribution in [-0.2, 0) is 19.4 Å². The van der Waals surface area contributed by atoms with Crippen molar-refractivity contribution in [2.45, 2.75) is 32.2 Å². The number of aryl methyl sites for hydroxylation is 1. The van der Waals surface area contributed by atoms with Crippen LogP contribution in [0, 0.1) is 0 Å². The summed E-state index contributed by atoms with van der Waals surface area (Å²) in [6, 6.07) is 13.2. The van der Waals surface area contributed by atoms with Crippen molar-refractivity contribution in [3.8, 4) is 11.3 Å². The van der Waals surface area contributed by atoms with E-state index in [1.165, 1.54) is 36.9 Å². The Hall–Kier alpha value is -1.25. The van der Waals surface area contributed by atoms with Gasteiger partial charge in [-0.3, -0.25) is 0 Å². The van der Waals surface area contributed by atoms with Crippen LogP contribution in [0.1, 0.15) is 24.1 Å². The van der Waals surface area contributed by atoms with Crippen molar-refractivity contribution in [1.29, 1.82) is 0 Å². The lowest BCUT2D eigenvalue weighted by molar-refractivity contribution is 0.386. The molecule has 3 rings (SSSR count). The maximum absolute atomic E-state index is 2.57. The summed E-state index contributed by atoms with van der Waals surface area (Å²) in [7, 11) is 4.30. The van der Waals surface area contributed by atoms with E-state index in [1.807, 2.05) is 0 Å². The van der Waals surface area contributed by atoms with E-state index in [-0.39, 0.29) is 12.4 Å². The zero-order valence-electron chi connectivity index (χ0n) is 13.0. The van der Waals surface area contributed by atoms with E-state index in [1.54, 1.807) is 11.3 Å². The van der Waals surface area contributed by atoms with Crippen molar-refractivity contribution >= 4 is 12.4 Å². The van der Waals surface area contributed by atoms with E-state index in [4.69, 9.17) is 0 Å². The van der Waals surface area contributed by atoms with Gasteiger partial charge in [-0.1, -0.05) is 30.3 Å². The van der Waals surface area contributed by atoms with Crippen molar-refractivity contribution in [1.82, 2.24) is 9.47 Å². The molecule has 1 aliphatic rings. The van der Waals surface area contributed by atoms with Crippen LogP contribution in [0.5, 0.6) is 0 Å². The number of benzene rings is 1. The Kier molecular flexibility index (Phi) is 5.49. The Morgan fingerprint density at radius 3 is 2.57 bits per heavy atom. The van der Waals surface area contributed by atoms with Crippen molar-refractivity contribution in [3.05, 3.63) is 47.7 Å². The lowest BCUT2D eigenvalue weighted by Crippen LogP contribution is -2.16. The lowest BCUT2D eigenvalue weighted by Gasteiger charge is -2.15. The third kappa shape index (κ3) is 3.50. The van der Waals surface area contributed by atoms with Crippen LogP contribution in [0.15, 0.2) is 36.4 Å². The normalized spacial score (nSPS) is 13.3. The van der Waals surface area contributed by atoms with Crippen molar-refractivity contribution in [2.75, 3.05) is 20.6 Å². The summed E-state index contributed by atoms with van der Waals surface area (Å²) in [5.41, 5.74) is 5.93. The zero-order valence-corrected chi connectivity index (χ0v) is 13.8. The van der Waals surface area contributed by atoms with Gasteiger partial charge in [0.25, 0.3) is 0 Å². The smallest absolute Gasteiger partial charge is 0.0485 e. The summed E-state index contributed by atoms with van der Waals surface area (Å²) in [6.45, 7) is 2.29. The standard InChI is InChI=1S/C18H24N2.ClH/c1-19(2)12-7-13-20-17-11-6-10-16(17)14-18(20)15-8-4-3-5-9-15;/h3-5,8-9,14H,6-7,10-13H2,1-2H3;1H. The second-order valence-electron chi connectivity index (χ2n) is 6.03. The highest BCUT2D eigenvalue weighted by Gasteiger charge is 2.19. The molecule has 1 aromatic carbocycles. The van der Waals surface area contributed by atoms with Crippen LogP contribution in [0.25, 0.3) is 11.3 Å². The summed E-state index contributed by atoms with van der Waals surface area (Å²) >= 11 is 0. The average Bonchev–Trinajstić information content (AvgIpc) is 3.01. The fraction of sp³-hybridized carbons (Fsp3) is 0.444. The van der Waals surface area contributed by atoms with Gasteiger partial charge in [0.05, 0.1) is 0 Å². The molecule has 0 saturated heterocycles. The van der Waals surface area contributed by atoms with Gasteiger partial charge in [-0.2, -0.15) is 0 Å². The summed E-state index contributed by atoms with van der Waals surface area (Å²) in [5.74, 6) is 0. The Labute approximate surface area is 134 Å². The largest absolute Gasteiger partial charge is 0.344 e. The molecule has 21 heavy (non-hydrogen) atoms. The topological polar surface area (TPSA) is 8.17 Å². The number of rotatable bonds is 5. The fourth-order valence-electron chi connectivity index (χ4n) is 3.25. The predicted molar refractivity (Wildman–Crippen MR) is 92.3 cm³/mol. The molecule has 0 amide bonds. The summed E-state index contributed by atoms with van der Waals surface area (Å²) in [6.07, 6.45) is 5.06. The highest BCUT2D eigenvalue weighted by molar-refractivity contribution is 5.85. The van der Waals surface area contributed by atoms with Gasteiger partial charge in [-0.15, -0.1) is 12.4 Å². The van der Waals surface area contributed by atoms with Crippen molar-refractivity contribution in [2.24, 2.45) is 0 Å². The minimum Gasteiger partial charge on any atom is -0.344 e. The fourth-order valence-corrected chi connectivity index (χ4v) is 3.25. The Bertz CT molecular complexity index is 572. The summed E-state index contributed by atoms with van der Waals surface area (Å²) < 4.78 is 2.57. The zero-order chi connectivity index (χ0) is 13.9. The van der Waals surface area contributed by atoms with Gasteiger partial charge in [0.15, 0.2) is 0 Å². The molecule has 1 heterocycles. The maximum Gasteiger partial charge on any atom is 0.0485 e. The van der Waals surface area contributed by atoms with E-state index in [0.29, 0.717) is 0 Å². The quantitative estimate of drug-likeness (QED) is 0.810. The molecule has 114 valence electrons. The maximum atomic E-state index is 2.57. The third-order valence-corrected chi connectivity index (χ3v) is 4.21. The molecule has 1 aromatic heterocycles. The number of aromatic nitrogens is 1. The van der Waals surface area contributed by atoms with Gasteiger partial charge >= 0.3 is 0 Å². The predicted octanol–water partition coefficient (Wildman–Crippen LogP) is 4.02. The molecular weight excluding hydrogens is 280 g/mol. The Morgan fingerprint density at radius 2 is 1.86 bits per heavy atom. The first kappa shape index (κ1) is 16.1. The van der Waals surface area contributed by atoms with Gasteiger partial charge in [0.1, 0.15) is 0 Å². The second kappa shape index (κ2) is 7.15. The Balaban J connectivity index is 0.00000161. The first-order valence-electron chi connectivity index (χ1n) is 7.67. The van der Waals surface area contributed by atoms with Crippen LogP contribution in [0.4, 0.5) is 0 Å². The van der Waals surface area contributed by atoms with Gasteiger partial charge in [0, 0.05) is 17.9 Å². The van der Waals surface area contributed by atoms with Gasteiger partial charge in [-0.25, -0.2) is 0 Å². The van der Waals surface area contributed by atoms with Crippen LogP contribution in [0.2, 0.25) is 0 Å². The molecule has 0 radical (unpaired) electrons. The molecule has 0 N–H and O–H groups in total. The first-order valence-corrected chi connectivity index (χ1v) is 7.67. The number of fused-ring (bicyclic) bond motifs is 1. The van der Waals surface area contributed by atoms with Crippen LogP contribution in [-0.4, -0.2) is 30.1 Å². The van der Waals surface area contributed by atoms with Crippen molar-refractivity contribution in [3.63, 3.8) is 0 Å². The molecule has 0 unspecified atom stereocenters. The molecule has 0 aliphatic heterocycles. The monoisotopic (exact) mass is 304 g/mol. The molecule has 0 atom stereocenters. The number of halogens is 1. The minimum atomic E-state index is 0. The highest BCUT2D eigenvalue weighted by atomic mass is 35.5. The molecule has 1 aliphatic carbocycles. The van der Waals surface area contributed by atoms with Crippen LogP contribution >= 0.6 is 12.4 Å². The van der Waals surface area contributed by atoms with E-state index < -0.39 is 0 Å². The second-order valence-corrected chi connectivity index (χ2v) is 6.03. The van der Waals surface area contributed by atoms with Gasteiger partial charge < -0.3 is 9.47 Å². The van der Waals surface area contributed by atoms with E-state index >= 15 is 0 Å². The first-order chi connectivity index (χ1) is 9.75. The molecule has 0 spiro atoms. The average molecular weight is 305 g/mol. The highest BCUT2D eigenvalue weighted by Crippen LogP contribution is 2.31. The molecule has 0 fully saturated rings. The number of nitrogens with zero attached hydrogens (tertiary/aromatic N) is 2. The summed E-state index contributed by atoms with van der Waals surface area (Å²) in [5, 5.41) is 0. The molecular formula is C18H25ClN2. The van der Waals surface area contributed by atoms with E-state index in [0.717, 1.165) is 13.1 Å². The number of hydrogen-bond acceptors (Lipinski definition) is 1. The Morgan fingerprint density at radius 1 is 1.10 bits per heavy atom. The lowest BCUT2D eigenvalue weighted by atomic mass is 10.1. The van der Waals surface area contributed by atoms with Gasteiger partial charge in [0.2, 0.25) is 0 Å². The van der Waals surface area contributed by atoms with Crippen molar-refractivity contribution < 1.29 is 0 Å². The van der Waals surface area contributed by atoms with E-state index in [2.05, 4.69) is 60.0 Å². The SMILES string of the molecule is CN(C)CCCn1c(-c2ccccc2)cc2c1CCC2.Cl. The summed E-state index contributed by atoms with van der Waals surface area (Å²) in [4.78, 5) is 2.27. The molecule has 0 saturated carbocycles. The van der Waals surface area contributed by atoms with Gasteiger partial charge in [-0.05, 0) is 63.5 Å². The number of hydrogen-bond donors (Lipinski definition) is 0. The molecule has 2 aromatic rings. The van der Waals surface area contributed by atoms with Crippen LogP contribution < -0.4 is 0 Å². The van der Waals surface area contributed by atoms with E-state index in [9.17, 15) is 0 Å². The molecule has 0 bridgehead atoms. The third-order valence-electron chi connectivity index (χ3n) is 4.21. The molecule has 3 heteroatoms. The minimum absolute atomic E-state index is 0.